The molecule has 3 rings (SSSR count). The first kappa shape index (κ1) is 22.8. The number of aryl methyl sites for hydroxylation is 1. The van der Waals surface area contributed by atoms with Gasteiger partial charge in [-0.25, -0.2) is 0 Å². The van der Waals surface area contributed by atoms with Crippen LogP contribution in [0, 0.1) is 0 Å². The molecule has 2 aromatic rings. The van der Waals surface area contributed by atoms with Crippen LogP contribution < -0.4 is 10.1 Å². The van der Waals surface area contributed by atoms with Gasteiger partial charge in [0.2, 0.25) is 0 Å². The molecule has 137 valence electrons. The van der Waals surface area contributed by atoms with Crippen LogP contribution in [-0.2, 0) is 45.6 Å². The van der Waals surface area contributed by atoms with Gasteiger partial charge in [0.05, 0.1) is 13.4 Å². The van der Waals surface area contributed by atoms with E-state index in [9.17, 15) is 0 Å². The minimum Gasteiger partial charge on any atom is -0.516 e. The number of aliphatic hydroxyl groups excluding tert-OH is 2. The van der Waals surface area contributed by atoms with E-state index >= 15 is 0 Å². The first-order valence-electron chi connectivity index (χ1n) is 8.55. The minimum absolute atomic E-state index is 0. The Morgan fingerprint density at radius 3 is 2.54 bits per heavy atom. The molecule has 1 radical (unpaired) electrons. The van der Waals surface area contributed by atoms with E-state index in [0.29, 0.717) is 6.04 Å². The van der Waals surface area contributed by atoms with E-state index in [1.807, 2.05) is 12.1 Å². The fourth-order valence-corrected chi connectivity index (χ4v) is 3.22. The number of fused-ring (bicyclic) bond motifs is 1. The Kier molecular flexibility index (Phi) is 10.8. The quantitative estimate of drug-likeness (QED) is 0.613. The van der Waals surface area contributed by atoms with E-state index in [1.165, 1.54) is 16.7 Å². The molecule has 5 heteroatoms. The van der Waals surface area contributed by atoms with E-state index < -0.39 is 0 Å². The first-order valence-corrected chi connectivity index (χ1v) is 8.55. The molecule has 0 bridgehead atoms. The molecule has 0 saturated carbocycles. The van der Waals surface area contributed by atoms with Gasteiger partial charge in [-0.3, -0.25) is 0 Å². The molecular weight excluding hydrogens is 403 g/mol. The number of rotatable bonds is 6. The molecule has 2 aromatic carbocycles. The van der Waals surface area contributed by atoms with Gasteiger partial charge in [0.15, 0.2) is 0 Å². The number of hydrogen-bond acceptors (Lipinski definition) is 4. The van der Waals surface area contributed by atoms with Gasteiger partial charge in [-0.1, -0.05) is 30.3 Å². The summed E-state index contributed by atoms with van der Waals surface area (Å²) >= 11 is 0. The summed E-state index contributed by atoms with van der Waals surface area (Å²) in [5.41, 5.74) is 5.17. The van der Waals surface area contributed by atoms with Crippen molar-refractivity contribution in [3.05, 3.63) is 71.0 Å². The Morgan fingerprint density at radius 1 is 1.15 bits per heavy atom. The van der Waals surface area contributed by atoms with Crippen LogP contribution in [-0.4, -0.2) is 31.0 Å². The second kappa shape index (κ2) is 12.2. The molecule has 26 heavy (non-hydrogen) atoms. The average molecular weight is 430 g/mol. The van der Waals surface area contributed by atoms with Crippen molar-refractivity contribution in [3.63, 3.8) is 0 Å². The molecular formula is C21H27NO3Y. The van der Waals surface area contributed by atoms with Crippen LogP contribution in [0.25, 0.3) is 6.08 Å². The fourth-order valence-electron chi connectivity index (χ4n) is 3.22. The standard InChI is InChI=1S/C20H23NO2.CH4O.Y/c1-23-18-6-2-15(3-7-18)10-12-21-20-9-5-17-14-16(11-13-22)4-8-19(17)20;1-2;/h2-4,6-8,11,13-14,20-22H,5,9-10,12H2,1H3;2H,1H3;/b13-11+;;. The van der Waals surface area contributed by atoms with Crippen molar-refractivity contribution in [1.29, 1.82) is 0 Å². The molecule has 0 heterocycles. The minimum atomic E-state index is 0. The summed E-state index contributed by atoms with van der Waals surface area (Å²) in [4.78, 5) is 0. The van der Waals surface area contributed by atoms with Crippen LogP contribution in [0.15, 0.2) is 48.7 Å². The molecule has 0 spiro atoms. The summed E-state index contributed by atoms with van der Waals surface area (Å²) in [5.74, 6) is 0.902. The molecule has 1 unspecified atom stereocenters. The summed E-state index contributed by atoms with van der Waals surface area (Å²) < 4.78 is 5.18. The number of hydrogen-bond donors (Lipinski definition) is 3. The van der Waals surface area contributed by atoms with Gasteiger partial charge in [0, 0.05) is 45.9 Å². The van der Waals surface area contributed by atoms with Gasteiger partial charge >= 0.3 is 0 Å². The van der Waals surface area contributed by atoms with Crippen molar-refractivity contribution in [2.45, 2.75) is 25.3 Å². The summed E-state index contributed by atoms with van der Waals surface area (Å²) in [6.45, 7) is 0.967. The second-order valence-electron chi connectivity index (χ2n) is 5.92. The van der Waals surface area contributed by atoms with Crippen molar-refractivity contribution < 1.29 is 47.7 Å². The van der Waals surface area contributed by atoms with Crippen LogP contribution in [0.2, 0.25) is 0 Å². The SMILES string of the molecule is CO.COc1ccc(CCNC2CCc3cc(/C=C/O)ccc32)cc1.[Y]. The van der Waals surface area contributed by atoms with Crippen molar-refractivity contribution in [2.75, 3.05) is 20.8 Å². The zero-order chi connectivity index (χ0) is 18.1. The summed E-state index contributed by atoms with van der Waals surface area (Å²) in [5, 5.41) is 19.5. The molecule has 4 nitrogen and oxygen atoms in total. The summed E-state index contributed by atoms with van der Waals surface area (Å²) in [6, 6.07) is 15.1. The number of nitrogens with one attached hydrogen (secondary N) is 1. The third-order valence-electron chi connectivity index (χ3n) is 4.48. The molecule has 1 aliphatic rings. The van der Waals surface area contributed by atoms with Gasteiger partial charge in [0.25, 0.3) is 0 Å². The van der Waals surface area contributed by atoms with Crippen molar-refractivity contribution in [3.8, 4) is 5.75 Å². The van der Waals surface area contributed by atoms with Gasteiger partial charge in [0.1, 0.15) is 5.75 Å². The van der Waals surface area contributed by atoms with E-state index in [0.717, 1.165) is 50.5 Å². The number of aliphatic hydroxyl groups is 2. The van der Waals surface area contributed by atoms with Gasteiger partial charge in [-0.2, -0.15) is 0 Å². The van der Waals surface area contributed by atoms with Crippen LogP contribution in [0.5, 0.6) is 5.75 Å². The van der Waals surface area contributed by atoms with Crippen LogP contribution >= 0.6 is 0 Å². The predicted octanol–water partition coefficient (Wildman–Crippen LogP) is 3.65. The molecule has 0 fully saturated rings. The molecule has 1 atom stereocenters. The maximum Gasteiger partial charge on any atom is 0.118 e. The van der Waals surface area contributed by atoms with E-state index in [4.69, 9.17) is 14.9 Å². The van der Waals surface area contributed by atoms with Crippen molar-refractivity contribution in [1.82, 2.24) is 5.32 Å². The average Bonchev–Trinajstić information content (AvgIpc) is 3.07. The smallest absolute Gasteiger partial charge is 0.118 e. The van der Waals surface area contributed by atoms with Gasteiger partial charge in [-0.05, 0) is 66.3 Å². The normalized spacial score (nSPS) is 15.0. The molecule has 3 N–H and O–H groups in total. The van der Waals surface area contributed by atoms with E-state index in [-0.39, 0.29) is 32.7 Å². The third-order valence-corrected chi connectivity index (χ3v) is 4.48. The Hall–Kier alpha value is -1.20. The Labute approximate surface area is 181 Å². The van der Waals surface area contributed by atoms with E-state index in [2.05, 4.69) is 35.6 Å². The zero-order valence-electron chi connectivity index (χ0n) is 15.5. The second-order valence-corrected chi connectivity index (χ2v) is 5.92. The first-order chi connectivity index (χ1) is 12.3. The number of ether oxygens (including phenoxy) is 1. The Balaban J connectivity index is 0.00000109. The molecule has 1 aliphatic carbocycles. The monoisotopic (exact) mass is 430 g/mol. The fraction of sp³-hybridized carbons (Fsp3) is 0.333. The van der Waals surface area contributed by atoms with Crippen LogP contribution in [0.1, 0.15) is 34.7 Å². The maximum absolute atomic E-state index is 8.88. The predicted molar refractivity (Wildman–Crippen MR) is 102 cm³/mol. The maximum atomic E-state index is 8.88. The number of benzene rings is 2. The number of methoxy groups -OCH3 is 1. The van der Waals surface area contributed by atoms with Crippen LogP contribution in [0.4, 0.5) is 0 Å². The van der Waals surface area contributed by atoms with Gasteiger partial charge < -0.3 is 20.3 Å². The summed E-state index contributed by atoms with van der Waals surface area (Å²) in [6.07, 6.45) is 6.08. The molecule has 0 aromatic heterocycles. The largest absolute Gasteiger partial charge is 0.516 e. The molecule has 0 aliphatic heterocycles. The zero-order valence-corrected chi connectivity index (χ0v) is 18.3. The topological polar surface area (TPSA) is 61.7 Å². The Bertz CT molecular complexity index is 686. The Morgan fingerprint density at radius 2 is 1.88 bits per heavy atom. The summed E-state index contributed by atoms with van der Waals surface area (Å²) in [7, 11) is 2.69. The van der Waals surface area contributed by atoms with E-state index in [1.54, 1.807) is 13.2 Å². The third kappa shape index (κ3) is 6.20. The molecule has 0 amide bonds. The van der Waals surface area contributed by atoms with Gasteiger partial charge in [-0.15, -0.1) is 0 Å². The van der Waals surface area contributed by atoms with Crippen molar-refractivity contribution >= 4 is 6.08 Å². The van der Waals surface area contributed by atoms with Crippen molar-refractivity contribution in [2.24, 2.45) is 0 Å². The molecule has 0 saturated heterocycles. The van der Waals surface area contributed by atoms with Crippen LogP contribution in [0.3, 0.4) is 0 Å².